The van der Waals surface area contributed by atoms with Gasteiger partial charge in [-0.1, -0.05) is 44.2 Å². The van der Waals surface area contributed by atoms with Gasteiger partial charge in [-0.05, 0) is 11.0 Å². The van der Waals surface area contributed by atoms with E-state index >= 15 is 0 Å². The van der Waals surface area contributed by atoms with E-state index in [-0.39, 0.29) is 11.3 Å². The molecule has 0 spiro atoms. The third kappa shape index (κ3) is 2.04. The molecule has 1 aromatic rings. The highest BCUT2D eigenvalue weighted by Gasteiger charge is 2.36. The Hall–Kier alpha value is -1.31. The van der Waals surface area contributed by atoms with Crippen LogP contribution in [0.25, 0.3) is 0 Å². The number of nitrogens with one attached hydrogen (secondary N) is 1. The summed E-state index contributed by atoms with van der Waals surface area (Å²) in [6, 6.07) is 10.4. The van der Waals surface area contributed by atoms with Crippen LogP contribution in [-0.2, 0) is 4.79 Å². The third-order valence-electron chi connectivity index (χ3n) is 3.26. The molecule has 1 atom stereocenters. The van der Waals surface area contributed by atoms with E-state index < -0.39 is 0 Å². The van der Waals surface area contributed by atoms with Gasteiger partial charge in [-0.25, -0.2) is 0 Å². The van der Waals surface area contributed by atoms with E-state index in [1.807, 2.05) is 6.07 Å². The summed E-state index contributed by atoms with van der Waals surface area (Å²) >= 11 is 0. The van der Waals surface area contributed by atoms with E-state index in [1.54, 1.807) is 0 Å². The fourth-order valence-corrected chi connectivity index (χ4v) is 2.35. The van der Waals surface area contributed by atoms with Crippen molar-refractivity contribution in [3.8, 4) is 0 Å². The highest BCUT2D eigenvalue weighted by atomic mass is 16.1. The number of carbonyl (C=O) groups excluding carboxylic acids is 1. The Morgan fingerprint density at radius 3 is 2.53 bits per heavy atom. The second-order valence-corrected chi connectivity index (χ2v) is 4.93. The summed E-state index contributed by atoms with van der Waals surface area (Å²) in [5, 5.41) is 2.95. The number of piperidine rings is 1. The first-order chi connectivity index (χ1) is 7.09. The lowest BCUT2D eigenvalue weighted by molar-refractivity contribution is -0.125. The van der Waals surface area contributed by atoms with Crippen LogP contribution >= 0.6 is 0 Å². The van der Waals surface area contributed by atoms with Gasteiger partial charge in [0, 0.05) is 18.9 Å². The smallest absolute Gasteiger partial charge is 0.220 e. The minimum absolute atomic E-state index is 0.0592. The van der Waals surface area contributed by atoms with Gasteiger partial charge in [0.15, 0.2) is 0 Å². The molecule has 0 saturated carbocycles. The largest absolute Gasteiger partial charge is 0.355 e. The molecule has 1 aliphatic rings. The van der Waals surface area contributed by atoms with Crippen LogP contribution in [0.4, 0.5) is 0 Å². The average molecular weight is 203 g/mol. The van der Waals surface area contributed by atoms with E-state index in [9.17, 15) is 4.79 Å². The molecule has 1 saturated heterocycles. The van der Waals surface area contributed by atoms with Crippen LogP contribution in [0.3, 0.4) is 0 Å². The van der Waals surface area contributed by atoms with E-state index in [4.69, 9.17) is 0 Å². The fourth-order valence-electron chi connectivity index (χ4n) is 2.35. The molecule has 1 aliphatic heterocycles. The van der Waals surface area contributed by atoms with Crippen molar-refractivity contribution in [3.63, 3.8) is 0 Å². The second kappa shape index (κ2) is 3.69. The van der Waals surface area contributed by atoms with E-state index in [1.165, 1.54) is 5.56 Å². The molecule has 2 rings (SSSR count). The summed E-state index contributed by atoms with van der Waals surface area (Å²) < 4.78 is 0. The molecule has 1 amide bonds. The summed E-state index contributed by atoms with van der Waals surface area (Å²) in [4.78, 5) is 11.3. The molecule has 1 unspecified atom stereocenters. The molecule has 1 aromatic carbocycles. The molecule has 1 fully saturated rings. The van der Waals surface area contributed by atoms with Crippen molar-refractivity contribution >= 4 is 5.91 Å². The number of rotatable bonds is 1. The van der Waals surface area contributed by atoms with Gasteiger partial charge in [-0.2, -0.15) is 0 Å². The topological polar surface area (TPSA) is 29.1 Å². The highest BCUT2D eigenvalue weighted by Crippen LogP contribution is 2.40. The van der Waals surface area contributed by atoms with Crippen LogP contribution in [0.2, 0.25) is 0 Å². The zero-order valence-corrected chi connectivity index (χ0v) is 9.29. The number of hydrogen-bond donors (Lipinski definition) is 1. The maximum absolute atomic E-state index is 11.3. The summed E-state index contributed by atoms with van der Waals surface area (Å²) in [6.45, 7) is 5.10. The SMILES string of the molecule is CC1(C)CC(=O)NCC1c1ccccc1. The van der Waals surface area contributed by atoms with E-state index in [0.717, 1.165) is 6.54 Å². The van der Waals surface area contributed by atoms with Gasteiger partial charge < -0.3 is 5.32 Å². The van der Waals surface area contributed by atoms with E-state index in [2.05, 4.69) is 43.4 Å². The minimum atomic E-state index is 0.0592. The highest BCUT2D eigenvalue weighted by molar-refractivity contribution is 5.78. The normalized spacial score (nSPS) is 24.7. The van der Waals surface area contributed by atoms with Crippen molar-refractivity contribution in [3.05, 3.63) is 35.9 Å². The van der Waals surface area contributed by atoms with Gasteiger partial charge in [0.2, 0.25) is 5.91 Å². The van der Waals surface area contributed by atoms with Crippen LogP contribution < -0.4 is 5.32 Å². The minimum Gasteiger partial charge on any atom is -0.355 e. The lowest BCUT2D eigenvalue weighted by Crippen LogP contribution is -2.43. The van der Waals surface area contributed by atoms with Crippen LogP contribution in [-0.4, -0.2) is 12.5 Å². The molecule has 0 aliphatic carbocycles. The molecule has 0 bridgehead atoms. The summed E-state index contributed by atoms with van der Waals surface area (Å²) in [5.41, 5.74) is 1.38. The molecule has 0 radical (unpaired) electrons. The zero-order valence-electron chi connectivity index (χ0n) is 9.29. The van der Waals surface area contributed by atoms with Gasteiger partial charge in [0.25, 0.3) is 0 Å². The van der Waals surface area contributed by atoms with Gasteiger partial charge in [0.05, 0.1) is 0 Å². The molecule has 2 heteroatoms. The second-order valence-electron chi connectivity index (χ2n) is 4.93. The first-order valence-electron chi connectivity index (χ1n) is 5.41. The Balaban J connectivity index is 2.26. The van der Waals surface area contributed by atoms with Gasteiger partial charge in [0.1, 0.15) is 0 Å². The molecule has 2 nitrogen and oxygen atoms in total. The first kappa shape index (κ1) is 10.2. The predicted molar refractivity (Wildman–Crippen MR) is 60.6 cm³/mol. The monoisotopic (exact) mass is 203 g/mol. The Morgan fingerprint density at radius 2 is 1.93 bits per heavy atom. The first-order valence-corrected chi connectivity index (χ1v) is 5.41. The quantitative estimate of drug-likeness (QED) is 0.745. The Bertz CT molecular complexity index is 356. The van der Waals surface area contributed by atoms with Crippen molar-refractivity contribution < 1.29 is 4.79 Å². The van der Waals surface area contributed by atoms with Crippen molar-refractivity contribution in [1.29, 1.82) is 0 Å². The standard InChI is InChI=1S/C13H17NO/c1-13(2)8-12(15)14-9-11(13)10-6-4-3-5-7-10/h3-7,11H,8-9H2,1-2H3,(H,14,15). The van der Waals surface area contributed by atoms with Crippen LogP contribution in [0.5, 0.6) is 0 Å². The van der Waals surface area contributed by atoms with Crippen molar-refractivity contribution in [2.24, 2.45) is 5.41 Å². The number of amides is 1. The maximum Gasteiger partial charge on any atom is 0.220 e. The van der Waals surface area contributed by atoms with Crippen LogP contribution in [0.1, 0.15) is 31.7 Å². The molecular formula is C13H17NO. The molecule has 15 heavy (non-hydrogen) atoms. The van der Waals surface area contributed by atoms with Crippen LogP contribution in [0.15, 0.2) is 30.3 Å². The third-order valence-corrected chi connectivity index (χ3v) is 3.26. The molecular weight excluding hydrogens is 186 g/mol. The lowest BCUT2D eigenvalue weighted by atomic mass is 9.70. The zero-order chi connectivity index (χ0) is 10.9. The van der Waals surface area contributed by atoms with Crippen molar-refractivity contribution in [2.45, 2.75) is 26.2 Å². The predicted octanol–water partition coefficient (Wildman–Crippen LogP) is 2.32. The summed E-state index contributed by atoms with van der Waals surface area (Å²) in [5.74, 6) is 0.601. The summed E-state index contributed by atoms with van der Waals surface area (Å²) in [7, 11) is 0. The van der Waals surface area contributed by atoms with Crippen molar-refractivity contribution in [1.82, 2.24) is 5.32 Å². The lowest BCUT2D eigenvalue weighted by Gasteiger charge is -2.38. The maximum atomic E-state index is 11.3. The molecule has 1 N–H and O–H groups in total. The number of benzene rings is 1. The van der Waals surface area contributed by atoms with Crippen LogP contribution in [0, 0.1) is 5.41 Å². The average Bonchev–Trinajstić information content (AvgIpc) is 2.17. The van der Waals surface area contributed by atoms with E-state index in [0.29, 0.717) is 12.3 Å². The molecule has 0 aromatic heterocycles. The van der Waals surface area contributed by atoms with Gasteiger partial charge >= 0.3 is 0 Å². The van der Waals surface area contributed by atoms with Gasteiger partial charge in [-0.3, -0.25) is 4.79 Å². The number of carbonyl (C=O) groups is 1. The Kier molecular flexibility index (Phi) is 2.51. The summed E-state index contributed by atoms with van der Waals surface area (Å²) in [6.07, 6.45) is 0.618. The Morgan fingerprint density at radius 1 is 1.27 bits per heavy atom. The molecule has 1 heterocycles. The van der Waals surface area contributed by atoms with Crippen molar-refractivity contribution in [2.75, 3.05) is 6.54 Å². The Labute approximate surface area is 90.7 Å². The van der Waals surface area contributed by atoms with Gasteiger partial charge in [-0.15, -0.1) is 0 Å². The molecule has 80 valence electrons. The number of hydrogen-bond acceptors (Lipinski definition) is 1. The fraction of sp³-hybridized carbons (Fsp3) is 0.462.